The van der Waals surface area contributed by atoms with Crippen LogP contribution in [0.15, 0.2) is 29.2 Å². The van der Waals surface area contributed by atoms with Gasteiger partial charge in [-0.2, -0.15) is 0 Å². The summed E-state index contributed by atoms with van der Waals surface area (Å²) in [7, 11) is 4.00. The fourth-order valence-corrected chi connectivity index (χ4v) is 1.49. The minimum atomic E-state index is -1.37. The third kappa shape index (κ3) is 2.31. The summed E-state index contributed by atoms with van der Waals surface area (Å²) in [6, 6.07) is 7.47. The van der Waals surface area contributed by atoms with E-state index in [9.17, 15) is 4.21 Å². The average Bonchev–Trinajstić information content (AvgIpc) is 2.05. The third-order valence-corrected chi connectivity index (χ3v) is 2.69. The van der Waals surface area contributed by atoms with E-state index in [1.807, 2.05) is 12.1 Å². The molecular formula is C8H9ClOS. The second-order valence-electron chi connectivity index (χ2n) is 2.22. The Morgan fingerprint density at radius 2 is 1.91 bits per heavy atom. The van der Waals surface area contributed by atoms with Gasteiger partial charge in [0, 0.05) is 0 Å². The molecule has 3 heteroatoms. The topological polar surface area (TPSA) is 17.1 Å². The zero-order valence-corrected chi connectivity index (χ0v) is 7.78. The molecule has 1 aromatic carbocycles. The van der Waals surface area contributed by atoms with Gasteiger partial charge in [0.15, 0.2) is 0 Å². The van der Waals surface area contributed by atoms with Gasteiger partial charge in [-0.25, -0.2) is 4.21 Å². The molecule has 0 saturated heterocycles. The first kappa shape index (κ1) is 8.75. The molecule has 1 rings (SSSR count). The molecule has 0 heterocycles. The van der Waals surface area contributed by atoms with E-state index in [0.717, 1.165) is 6.42 Å². The third-order valence-electron chi connectivity index (χ3n) is 1.52. The maximum atomic E-state index is 10.7. The largest absolute Gasteiger partial charge is 0.237 e. The van der Waals surface area contributed by atoms with Gasteiger partial charge >= 0.3 is 0 Å². The van der Waals surface area contributed by atoms with Gasteiger partial charge in [-0.1, -0.05) is 19.1 Å². The molecule has 0 N–H and O–H groups in total. The maximum absolute atomic E-state index is 10.7. The van der Waals surface area contributed by atoms with E-state index < -0.39 is 10.0 Å². The minimum absolute atomic E-state index is 0.670. The molecule has 60 valence electrons. The molecular weight excluding hydrogens is 180 g/mol. The van der Waals surface area contributed by atoms with E-state index >= 15 is 0 Å². The summed E-state index contributed by atoms with van der Waals surface area (Å²) in [6.07, 6.45) is 0.995. The van der Waals surface area contributed by atoms with Crippen molar-refractivity contribution < 1.29 is 4.21 Å². The van der Waals surface area contributed by atoms with Gasteiger partial charge in [0.2, 0.25) is 0 Å². The summed E-state index contributed by atoms with van der Waals surface area (Å²) in [5.74, 6) is 0. The Labute approximate surface area is 73.3 Å². The number of aryl methyl sites for hydroxylation is 1. The summed E-state index contributed by atoms with van der Waals surface area (Å²) in [6.45, 7) is 2.08. The molecule has 0 fully saturated rings. The van der Waals surface area contributed by atoms with E-state index in [1.54, 1.807) is 12.1 Å². The summed E-state index contributed by atoms with van der Waals surface area (Å²) >= 11 is 0. The van der Waals surface area contributed by atoms with Crippen molar-refractivity contribution in [2.45, 2.75) is 18.2 Å². The first-order valence-corrected chi connectivity index (χ1v) is 5.38. The Bertz CT molecular complexity index is 255. The lowest BCUT2D eigenvalue weighted by Gasteiger charge is -1.96. The van der Waals surface area contributed by atoms with Crippen LogP contribution < -0.4 is 0 Å². The highest BCUT2D eigenvalue weighted by molar-refractivity contribution is 8.08. The van der Waals surface area contributed by atoms with Gasteiger partial charge in [-0.15, -0.1) is 0 Å². The first-order chi connectivity index (χ1) is 5.24. The molecule has 0 saturated carbocycles. The number of hydrogen-bond donors (Lipinski definition) is 0. The van der Waals surface area contributed by atoms with Crippen molar-refractivity contribution in [2.75, 3.05) is 0 Å². The first-order valence-electron chi connectivity index (χ1n) is 3.41. The van der Waals surface area contributed by atoms with Crippen LogP contribution in [0.1, 0.15) is 12.5 Å². The fraction of sp³-hybridized carbons (Fsp3) is 0.250. The van der Waals surface area contributed by atoms with Gasteiger partial charge in [0.25, 0.3) is 0 Å². The standard InChI is InChI=1S/C8H9ClOS/c1-2-7-3-5-8(6-4-7)11(9)10/h3-6H,2H2,1H3. The van der Waals surface area contributed by atoms with Crippen LogP contribution in [0, 0.1) is 0 Å². The Morgan fingerprint density at radius 1 is 1.36 bits per heavy atom. The van der Waals surface area contributed by atoms with E-state index in [0.29, 0.717) is 4.90 Å². The van der Waals surface area contributed by atoms with E-state index in [-0.39, 0.29) is 0 Å². The SMILES string of the molecule is CCc1ccc(S(=O)Cl)cc1. The Balaban J connectivity index is 2.91. The molecule has 0 aliphatic rings. The van der Waals surface area contributed by atoms with Crippen LogP contribution in [-0.2, 0) is 16.4 Å². The summed E-state index contributed by atoms with van der Waals surface area (Å²) in [4.78, 5) is 0.670. The Kier molecular flexibility index (Phi) is 3.09. The molecule has 1 nitrogen and oxygen atoms in total. The van der Waals surface area contributed by atoms with Gasteiger partial charge in [0.05, 0.1) is 4.90 Å². The van der Waals surface area contributed by atoms with Gasteiger partial charge in [-0.3, -0.25) is 0 Å². The Morgan fingerprint density at radius 3 is 2.27 bits per heavy atom. The zero-order chi connectivity index (χ0) is 8.27. The fourth-order valence-electron chi connectivity index (χ4n) is 0.832. The quantitative estimate of drug-likeness (QED) is 0.652. The van der Waals surface area contributed by atoms with Crippen LogP contribution in [0.4, 0.5) is 0 Å². The monoisotopic (exact) mass is 188 g/mol. The van der Waals surface area contributed by atoms with Crippen LogP contribution in [0.2, 0.25) is 0 Å². The van der Waals surface area contributed by atoms with E-state index in [4.69, 9.17) is 10.7 Å². The Hall–Kier alpha value is -0.340. The molecule has 0 radical (unpaired) electrons. The smallest absolute Gasteiger partial charge is 0.147 e. The van der Waals surface area contributed by atoms with Crippen LogP contribution in [0.25, 0.3) is 0 Å². The van der Waals surface area contributed by atoms with Crippen molar-refractivity contribution in [2.24, 2.45) is 0 Å². The summed E-state index contributed by atoms with van der Waals surface area (Å²) in [5, 5.41) is 0. The van der Waals surface area contributed by atoms with Crippen molar-refractivity contribution in [3.8, 4) is 0 Å². The van der Waals surface area contributed by atoms with Crippen LogP contribution in [0.5, 0.6) is 0 Å². The van der Waals surface area contributed by atoms with Crippen LogP contribution in [-0.4, -0.2) is 4.21 Å². The van der Waals surface area contributed by atoms with Crippen molar-refractivity contribution in [3.63, 3.8) is 0 Å². The zero-order valence-electron chi connectivity index (χ0n) is 6.21. The van der Waals surface area contributed by atoms with E-state index in [2.05, 4.69) is 6.92 Å². The van der Waals surface area contributed by atoms with Crippen molar-refractivity contribution in [1.29, 1.82) is 0 Å². The second kappa shape index (κ2) is 3.88. The van der Waals surface area contributed by atoms with Crippen molar-refractivity contribution >= 4 is 20.7 Å². The lowest BCUT2D eigenvalue weighted by Crippen LogP contribution is -1.83. The molecule has 1 unspecified atom stereocenters. The highest BCUT2D eigenvalue weighted by Gasteiger charge is 1.97. The molecule has 0 amide bonds. The predicted molar refractivity (Wildman–Crippen MR) is 48.1 cm³/mol. The van der Waals surface area contributed by atoms with Crippen LogP contribution >= 0.6 is 10.7 Å². The van der Waals surface area contributed by atoms with Gasteiger partial charge in [0.1, 0.15) is 10.0 Å². The molecule has 0 spiro atoms. The maximum Gasteiger partial charge on any atom is 0.147 e. The normalized spacial score (nSPS) is 12.9. The van der Waals surface area contributed by atoms with Crippen molar-refractivity contribution in [3.05, 3.63) is 29.8 Å². The molecule has 0 aliphatic heterocycles. The predicted octanol–water partition coefficient (Wildman–Crippen LogP) is 2.51. The number of benzene rings is 1. The number of hydrogen-bond acceptors (Lipinski definition) is 1. The van der Waals surface area contributed by atoms with Gasteiger partial charge < -0.3 is 0 Å². The summed E-state index contributed by atoms with van der Waals surface area (Å²) in [5.41, 5.74) is 1.23. The molecule has 0 aliphatic carbocycles. The molecule has 11 heavy (non-hydrogen) atoms. The van der Waals surface area contributed by atoms with Crippen LogP contribution in [0.3, 0.4) is 0 Å². The highest BCUT2D eigenvalue weighted by Crippen LogP contribution is 2.11. The molecule has 0 aromatic heterocycles. The van der Waals surface area contributed by atoms with Crippen molar-refractivity contribution in [1.82, 2.24) is 0 Å². The second-order valence-corrected chi connectivity index (χ2v) is 3.98. The lowest BCUT2D eigenvalue weighted by molar-refractivity contribution is 0.691. The molecule has 0 bridgehead atoms. The molecule has 1 aromatic rings. The lowest BCUT2D eigenvalue weighted by atomic mass is 10.2. The number of halogens is 1. The average molecular weight is 189 g/mol. The van der Waals surface area contributed by atoms with Gasteiger partial charge in [-0.05, 0) is 34.8 Å². The summed E-state index contributed by atoms with van der Waals surface area (Å²) < 4.78 is 10.7. The highest BCUT2D eigenvalue weighted by atomic mass is 35.7. The van der Waals surface area contributed by atoms with E-state index in [1.165, 1.54) is 5.56 Å². The number of rotatable bonds is 2. The molecule has 1 atom stereocenters. The minimum Gasteiger partial charge on any atom is -0.237 e.